The molecule has 0 saturated carbocycles. The van der Waals surface area contributed by atoms with Gasteiger partial charge in [-0.25, -0.2) is 0 Å². The first-order valence-electron chi connectivity index (χ1n) is 7.87. The molecular weight excluding hydrogens is 264 g/mol. The van der Waals surface area contributed by atoms with Crippen molar-refractivity contribution >= 4 is 11.5 Å². The number of carbonyl (C=O) groups excluding carboxylic acids is 1. The van der Waals surface area contributed by atoms with Crippen LogP contribution in [-0.4, -0.2) is 31.0 Å². The van der Waals surface area contributed by atoms with E-state index in [-0.39, 0.29) is 11.9 Å². The molecule has 1 aromatic rings. The summed E-state index contributed by atoms with van der Waals surface area (Å²) in [5.41, 5.74) is 7.27. The number of Topliss-reactive ketones (excluding diaryl/α,β-unsaturated/α-hetero) is 1. The Bertz CT molecular complexity index is 500. The second kappa shape index (κ2) is 6.94. The maximum Gasteiger partial charge on any atom is 0.163 e. The molecule has 1 aliphatic heterocycles. The van der Waals surface area contributed by atoms with Crippen molar-refractivity contribution in [2.45, 2.75) is 52.2 Å². The third-order valence-corrected chi connectivity index (χ3v) is 3.97. The van der Waals surface area contributed by atoms with Crippen LogP contribution in [0.1, 0.15) is 50.4 Å². The molecule has 2 N–H and O–H groups in total. The van der Waals surface area contributed by atoms with Gasteiger partial charge in [0.1, 0.15) is 11.9 Å². The van der Waals surface area contributed by atoms with Crippen molar-refractivity contribution in [2.75, 3.05) is 18.0 Å². The number of fused-ring (bicyclic) bond motifs is 1. The molecule has 4 nitrogen and oxygen atoms in total. The molecule has 1 aromatic carbocycles. The Hall–Kier alpha value is -1.55. The van der Waals surface area contributed by atoms with E-state index in [1.54, 1.807) is 0 Å². The molecule has 0 aromatic heterocycles. The van der Waals surface area contributed by atoms with E-state index in [1.165, 1.54) is 0 Å². The highest BCUT2D eigenvalue weighted by Crippen LogP contribution is 2.36. The first-order chi connectivity index (χ1) is 10.1. The van der Waals surface area contributed by atoms with Gasteiger partial charge >= 0.3 is 0 Å². The van der Waals surface area contributed by atoms with Gasteiger partial charge in [0.15, 0.2) is 5.78 Å². The van der Waals surface area contributed by atoms with E-state index in [4.69, 9.17) is 10.5 Å². The fraction of sp³-hybridized carbons (Fsp3) is 0.588. The van der Waals surface area contributed by atoms with Gasteiger partial charge in [-0.1, -0.05) is 6.92 Å². The minimum atomic E-state index is 0.157. The van der Waals surface area contributed by atoms with Crippen LogP contribution in [0.2, 0.25) is 0 Å². The summed E-state index contributed by atoms with van der Waals surface area (Å²) in [5, 5.41) is 0. The molecule has 2 rings (SSSR count). The average molecular weight is 290 g/mol. The Kier molecular flexibility index (Phi) is 5.23. The van der Waals surface area contributed by atoms with Gasteiger partial charge in [0.25, 0.3) is 0 Å². The lowest BCUT2D eigenvalue weighted by Crippen LogP contribution is -2.43. The number of nitrogens with zero attached hydrogens (tertiary/aromatic N) is 1. The number of hydrogen-bond acceptors (Lipinski definition) is 4. The molecule has 1 unspecified atom stereocenters. The Labute approximate surface area is 127 Å². The smallest absolute Gasteiger partial charge is 0.163 e. The summed E-state index contributed by atoms with van der Waals surface area (Å²) < 4.78 is 6.00. The van der Waals surface area contributed by atoms with E-state index < -0.39 is 0 Å². The van der Waals surface area contributed by atoms with Gasteiger partial charge in [0.05, 0.1) is 12.2 Å². The number of hydrogen-bond donors (Lipinski definition) is 1. The first kappa shape index (κ1) is 15.8. The van der Waals surface area contributed by atoms with Crippen LogP contribution >= 0.6 is 0 Å². The number of nitrogens with two attached hydrogens (primary N) is 1. The molecule has 1 atom stereocenters. The van der Waals surface area contributed by atoms with Gasteiger partial charge in [0.2, 0.25) is 0 Å². The van der Waals surface area contributed by atoms with E-state index >= 15 is 0 Å². The fourth-order valence-corrected chi connectivity index (χ4v) is 2.66. The van der Waals surface area contributed by atoms with Crippen LogP contribution in [0.15, 0.2) is 18.2 Å². The van der Waals surface area contributed by atoms with Crippen LogP contribution in [0, 0.1) is 0 Å². The monoisotopic (exact) mass is 290 g/mol. The summed E-state index contributed by atoms with van der Waals surface area (Å²) >= 11 is 0. The molecule has 0 bridgehead atoms. The van der Waals surface area contributed by atoms with E-state index in [2.05, 4.69) is 25.7 Å². The molecule has 0 fully saturated rings. The molecule has 4 heteroatoms. The van der Waals surface area contributed by atoms with Gasteiger partial charge in [0, 0.05) is 18.0 Å². The zero-order valence-corrected chi connectivity index (χ0v) is 13.3. The predicted molar refractivity (Wildman–Crippen MR) is 86.2 cm³/mol. The quantitative estimate of drug-likeness (QED) is 0.818. The second-order valence-electron chi connectivity index (χ2n) is 5.89. The van der Waals surface area contributed by atoms with Crippen LogP contribution in [0.3, 0.4) is 0 Å². The minimum absolute atomic E-state index is 0.157. The van der Waals surface area contributed by atoms with Crippen molar-refractivity contribution in [3.63, 3.8) is 0 Å². The summed E-state index contributed by atoms with van der Waals surface area (Å²) in [7, 11) is 0. The predicted octanol–water partition coefficient (Wildman–Crippen LogP) is 2.99. The molecule has 0 amide bonds. The normalized spacial score (nSPS) is 17.6. The van der Waals surface area contributed by atoms with Crippen LogP contribution < -0.4 is 15.4 Å². The van der Waals surface area contributed by atoms with Gasteiger partial charge in [-0.2, -0.15) is 0 Å². The van der Waals surface area contributed by atoms with Crippen LogP contribution in [0.4, 0.5) is 5.69 Å². The summed E-state index contributed by atoms with van der Waals surface area (Å²) in [6.07, 6.45) is 2.45. The number of anilines is 1. The molecule has 1 aliphatic rings. The van der Waals surface area contributed by atoms with Crippen molar-refractivity contribution in [1.82, 2.24) is 0 Å². The lowest BCUT2D eigenvalue weighted by molar-refractivity contribution is 0.0980. The number of carbonyl (C=O) groups is 1. The summed E-state index contributed by atoms with van der Waals surface area (Å²) in [5.74, 6) is 1.04. The molecular formula is C17H26N2O2. The van der Waals surface area contributed by atoms with Crippen LogP contribution in [0.5, 0.6) is 5.75 Å². The van der Waals surface area contributed by atoms with Crippen molar-refractivity contribution in [3.8, 4) is 5.75 Å². The third kappa shape index (κ3) is 3.56. The zero-order valence-electron chi connectivity index (χ0n) is 13.3. The Morgan fingerprint density at radius 3 is 2.86 bits per heavy atom. The summed E-state index contributed by atoms with van der Waals surface area (Å²) in [4.78, 5) is 14.5. The number of rotatable bonds is 6. The number of benzene rings is 1. The molecule has 0 saturated heterocycles. The zero-order chi connectivity index (χ0) is 15.4. The highest BCUT2D eigenvalue weighted by Gasteiger charge is 2.27. The fourth-order valence-electron chi connectivity index (χ4n) is 2.66. The minimum Gasteiger partial charge on any atom is -0.486 e. The van der Waals surface area contributed by atoms with Crippen LogP contribution in [-0.2, 0) is 0 Å². The first-order valence-corrected chi connectivity index (χ1v) is 7.87. The summed E-state index contributed by atoms with van der Waals surface area (Å²) in [6, 6.07) is 6.16. The number of ketones is 1. The number of ether oxygens (including phenoxy) is 1. The van der Waals surface area contributed by atoms with E-state index in [0.717, 1.165) is 36.4 Å². The van der Waals surface area contributed by atoms with Crippen molar-refractivity contribution < 1.29 is 9.53 Å². The van der Waals surface area contributed by atoms with Crippen LogP contribution in [0.25, 0.3) is 0 Å². The Morgan fingerprint density at radius 2 is 2.24 bits per heavy atom. The highest BCUT2D eigenvalue weighted by molar-refractivity contribution is 5.97. The van der Waals surface area contributed by atoms with E-state index in [1.807, 2.05) is 18.2 Å². The Morgan fingerprint density at radius 1 is 1.48 bits per heavy atom. The lowest BCUT2D eigenvalue weighted by Gasteiger charge is -2.38. The largest absolute Gasteiger partial charge is 0.486 e. The molecule has 0 spiro atoms. The molecule has 0 radical (unpaired) electrons. The average Bonchev–Trinajstić information content (AvgIpc) is 2.50. The van der Waals surface area contributed by atoms with E-state index in [0.29, 0.717) is 19.0 Å². The van der Waals surface area contributed by atoms with Gasteiger partial charge in [-0.05, 0) is 51.4 Å². The van der Waals surface area contributed by atoms with E-state index in [9.17, 15) is 4.79 Å². The van der Waals surface area contributed by atoms with Gasteiger partial charge < -0.3 is 15.4 Å². The van der Waals surface area contributed by atoms with Gasteiger partial charge in [-0.3, -0.25) is 4.79 Å². The maximum absolute atomic E-state index is 12.2. The standard InChI is InChI=1S/C17H26N2O2/c1-4-14-11-19(12(2)3)15-10-13(7-8-17(15)21-14)16(20)6-5-9-18/h7-8,10,12,14H,4-6,9,11,18H2,1-3H3. The third-order valence-electron chi connectivity index (χ3n) is 3.97. The topological polar surface area (TPSA) is 55.6 Å². The SMILES string of the molecule is CCC1CN(C(C)C)c2cc(C(=O)CCCN)ccc2O1. The lowest BCUT2D eigenvalue weighted by atomic mass is 10.0. The Balaban J connectivity index is 2.28. The van der Waals surface area contributed by atoms with Crippen molar-refractivity contribution in [1.29, 1.82) is 0 Å². The summed E-state index contributed by atoms with van der Waals surface area (Å²) in [6.45, 7) is 7.91. The van der Waals surface area contributed by atoms with Crippen molar-refractivity contribution in [3.05, 3.63) is 23.8 Å². The molecule has 1 heterocycles. The molecule has 0 aliphatic carbocycles. The highest BCUT2D eigenvalue weighted by atomic mass is 16.5. The second-order valence-corrected chi connectivity index (χ2v) is 5.89. The van der Waals surface area contributed by atoms with Crippen molar-refractivity contribution in [2.24, 2.45) is 5.73 Å². The maximum atomic E-state index is 12.2. The molecule has 116 valence electrons. The molecule has 21 heavy (non-hydrogen) atoms. The van der Waals surface area contributed by atoms with Gasteiger partial charge in [-0.15, -0.1) is 0 Å².